The highest BCUT2D eigenvalue weighted by atomic mass is 16.5. The third kappa shape index (κ3) is 1.59. The molecule has 0 saturated carbocycles. The number of nitrogens with one attached hydrogen (secondary N) is 2. The first-order valence-electron chi connectivity index (χ1n) is 4.45. The third-order valence-electron chi connectivity index (χ3n) is 2.55. The molecular weight excluding hydrogens is 156 g/mol. The second kappa shape index (κ2) is 3.41. The van der Waals surface area contributed by atoms with E-state index in [2.05, 4.69) is 10.6 Å². The summed E-state index contributed by atoms with van der Waals surface area (Å²) >= 11 is 0. The predicted molar refractivity (Wildman–Crippen MR) is 43.7 cm³/mol. The minimum atomic E-state index is 0.0113. The molecule has 2 N–H and O–H groups in total. The van der Waals surface area contributed by atoms with Crippen molar-refractivity contribution in [3.05, 3.63) is 0 Å². The van der Waals surface area contributed by atoms with Gasteiger partial charge in [0.15, 0.2) is 0 Å². The number of carbonyl (C=O) groups excluding carboxylic acids is 1. The van der Waals surface area contributed by atoms with E-state index in [1.54, 1.807) is 0 Å². The molecule has 4 heteroatoms. The van der Waals surface area contributed by atoms with Gasteiger partial charge in [0.1, 0.15) is 6.61 Å². The highest BCUT2D eigenvalue weighted by Crippen LogP contribution is 2.16. The van der Waals surface area contributed by atoms with E-state index in [1.807, 2.05) is 0 Å². The van der Waals surface area contributed by atoms with Crippen LogP contribution < -0.4 is 10.6 Å². The summed E-state index contributed by atoms with van der Waals surface area (Å²) < 4.78 is 5.42. The van der Waals surface area contributed by atoms with Crippen LogP contribution in [0.15, 0.2) is 0 Å². The van der Waals surface area contributed by atoms with Crippen LogP contribution in [0, 0.1) is 5.92 Å². The van der Waals surface area contributed by atoms with Gasteiger partial charge in [0.05, 0.1) is 6.10 Å². The summed E-state index contributed by atoms with van der Waals surface area (Å²) in [4.78, 5) is 10.8. The third-order valence-corrected chi connectivity index (χ3v) is 2.55. The SMILES string of the molecule is O=C1COC(C2CCNC2)CN1. The molecule has 4 nitrogen and oxygen atoms in total. The zero-order chi connectivity index (χ0) is 8.39. The van der Waals surface area contributed by atoms with Crippen molar-refractivity contribution in [1.29, 1.82) is 0 Å². The normalized spacial score (nSPS) is 36.5. The lowest BCUT2D eigenvalue weighted by Crippen LogP contribution is -2.46. The molecule has 0 aromatic rings. The van der Waals surface area contributed by atoms with Gasteiger partial charge in [-0.05, 0) is 13.0 Å². The van der Waals surface area contributed by atoms with Gasteiger partial charge in [-0.15, -0.1) is 0 Å². The van der Waals surface area contributed by atoms with Gasteiger partial charge < -0.3 is 15.4 Å². The second-order valence-electron chi connectivity index (χ2n) is 3.41. The number of hydrogen-bond donors (Lipinski definition) is 2. The van der Waals surface area contributed by atoms with Crippen molar-refractivity contribution >= 4 is 5.91 Å². The Labute approximate surface area is 71.7 Å². The molecule has 0 aromatic heterocycles. The Morgan fingerprint density at radius 1 is 1.42 bits per heavy atom. The Kier molecular flexibility index (Phi) is 2.28. The summed E-state index contributed by atoms with van der Waals surface area (Å²) in [5.41, 5.74) is 0. The lowest BCUT2D eigenvalue weighted by atomic mass is 10.0. The molecule has 0 radical (unpaired) electrons. The van der Waals surface area contributed by atoms with Gasteiger partial charge in [-0.2, -0.15) is 0 Å². The minimum Gasteiger partial charge on any atom is -0.366 e. The molecule has 0 aromatic carbocycles. The summed E-state index contributed by atoms with van der Waals surface area (Å²) in [6.45, 7) is 3.03. The van der Waals surface area contributed by atoms with Crippen molar-refractivity contribution in [1.82, 2.24) is 10.6 Å². The van der Waals surface area contributed by atoms with Crippen LogP contribution >= 0.6 is 0 Å². The number of ether oxygens (including phenoxy) is 1. The van der Waals surface area contributed by atoms with Gasteiger partial charge in [0, 0.05) is 19.0 Å². The molecule has 2 atom stereocenters. The molecule has 2 saturated heterocycles. The van der Waals surface area contributed by atoms with E-state index in [9.17, 15) is 4.79 Å². The van der Waals surface area contributed by atoms with E-state index >= 15 is 0 Å². The predicted octanol–water partition coefficient (Wildman–Crippen LogP) is -0.889. The molecule has 1 amide bonds. The maximum absolute atomic E-state index is 10.8. The highest BCUT2D eigenvalue weighted by molar-refractivity contribution is 5.77. The van der Waals surface area contributed by atoms with Crippen molar-refractivity contribution < 1.29 is 9.53 Å². The summed E-state index contributed by atoms with van der Waals surface area (Å²) in [5.74, 6) is 0.600. The molecule has 2 aliphatic rings. The standard InChI is InChI=1S/C8H14N2O2/c11-8-5-12-7(4-10-8)6-1-2-9-3-6/h6-7,9H,1-5H2,(H,10,11). The first-order chi connectivity index (χ1) is 5.86. The molecule has 68 valence electrons. The Morgan fingerprint density at radius 3 is 2.92 bits per heavy atom. The maximum Gasteiger partial charge on any atom is 0.246 e. The molecule has 0 bridgehead atoms. The molecule has 2 rings (SSSR count). The van der Waals surface area contributed by atoms with Crippen LogP contribution in [0.1, 0.15) is 6.42 Å². The summed E-state index contributed by atoms with van der Waals surface area (Å²) in [5, 5.41) is 6.11. The average molecular weight is 170 g/mol. The minimum absolute atomic E-state index is 0.0113. The lowest BCUT2D eigenvalue weighted by Gasteiger charge is -2.27. The lowest BCUT2D eigenvalue weighted by molar-refractivity contribution is -0.135. The fourth-order valence-corrected chi connectivity index (χ4v) is 1.80. The molecule has 2 heterocycles. The Hall–Kier alpha value is -0.610. The smallest absolute Gasteiger partial charge is 0.246 e. The average Bonchev–Trinajstić information content (AvgIpc) is 2.58. The molecule has 2 unspecified atom stereocenters. The number of rotatable bonds is 1. The van der Waals surface area contributed by atoms with Gasteiger partial charge in [0.25, 0.3) is 0 Å². The largest absolute Gasteiger partial charge is 0.366 e. The fourth-order valence-electron chi connectivity index (χ4n) is 1.80. The maximum atomic E-state index is 10.8. The summed E-state index contributed by atoms with van der Waals surface area (Å²) in [6, 6.07) is 0. The van der Waals surface area contributed by atoms with Crippen LogP contribution in [-0.2, 0) is 9.53 Å². The van der Waals surface area contributed by atoms with E-state index in [-0.39, 0.29) is 18.6 Å². The molecular formula is C8H14N2O2. The van der Waals surface area contributed by atoms with Gasteiger partial charge >= 0.3 is 0 Å². The quantitative estimate of drug-likeness (QED) is 0.537. The Morgan fingerprint density at radius 2 is 2.33 bits per heavy atom. The van der Waals surface area contributed by atoms with E-state index in [0.29, 0.717) is 12.5 Å². The zero-order valence-corrected chi connectivity index (χ0v) is 7.01. The van der Waals surface area contributed by atoms with Crippen molar-refractivity contribution in [2.75, 3.05) is 26.2 Å². The van der Waals surface area contributed by atoms with E-state index in [0.717, 1.165) is 13.1 Å². The highest BCUT2D eigenvalue weighted by Gasteiger charge is 2.28. The van der Waals surface area contributed by atoms with Gasteiger partial charge in [0.2, 0.25) is 5.91 Å². The van der Waals surface area contributed by atoms with Crippen LogP contribution in [0.4, 0.5) is 0 Å². The van der Waals surface area contributed by atoms with E-state index in [1.165, 1.54) is 6.42 Å². The van der Waals surface area contributed by atoms with Crippen molar-refractivity contribution in [2.45, 2.75) is 12.5 Å². The topological polar surface area (TPSA) is 50.4 Å². The van der Waals surface area contributed by atoms with Crippen LogP contribution in [0.2, 0.25) is 0 Å². The fraction of sp³-hybridized carbons (Fsp3) is 0.875. The van der Waals surface area contributed by atoms with Gasteiger partial charge in [-0.25, -0.2) is 0 Å². The molecule has 2 aliphatic heterocycles. The van der Waals surface area contributed by atoms with Crippen LogP contribution in [-0.4, -0.2) is 38.3 Å². The number of hydrogen-bond acceptors (Lipinski definition) is 3. The monoisotopic (exact) mass is 170 g/mol. The van der Waals surface area contributed by atoms with E-state index < -0.39 is 0 Å². The molecule has 0 spiro atoms. The Balaban J connectivity index is 1.84. The van der Waals surface area contributed by atoms with E-state index in [4.69, 9.17) is 4.74 Å². The van der Waals surface area contributed by atoms with Crippen molar-refractivity contribution in [3.63, 3.8) is 0 Å². The van der Waals surface area contributed by atoms with Crippen LogP contribution in [0.3, 0.4) is 0 Å². The van der Waals surface area contributed by atoms with Gasteiger partial charge in [-0.3, -0.25) is 4.79 Å². The molecule has 12 heavy (non-hydrogen) atoms. The Bertz CT molecular complexity index is 168. The molecule has 0 aliphatic carbocycles. The number of amides is 1. The van der Waals surface area contributed by atoms with Gasteiger partial charge in [-0.1, -0.05) is 0 Å². The van der Waals surface area contributed by atoms with Crippen LogP contribution in [0.25, 0.3) is 0 Å². The van der Waals surface area contributed by atoms with Crippen molar-refractivity contribution in [3.8, 4) is 0 Å². The zero-order valence-electron chi connectivity index (χ0n) is 7.01. The van der Waals surface area contributed by atoms with Crippen molar-refractivity contribution in [2.24, 2.45) is 5.92 Å². The first-order valence-corrected chi connectivity index (χ1v) is 4.45. The first kappa shape index (κ1) is 8.01. The number of carbonyl (C=O) groups is 1. The second-order valence-corrected chi connectivity index (χ2v) is 3.41. The summed E-state index contributed by atoms with van der Waals surface area (Å²) in [7, 11) is 0. The number of morpholine rings is 1. The van der Waals surface area contributed by atoms with Crippen LogP contribution in [0.5, 0.6) is 0 Å². The summed E-state index contributed by atoms with van der Waals surface area (Å²) in [6.07, 6.45) is 1.40. The molecule has 2 fully saturated rings.